The fraction of sp³-hybridized carbons (Fsp3) is 0.405. The highest BCUT2D eigenvalue weighted by molar-refractivity contribution is 5.99. The lowest BCUT2D eigenvalue weighted by Gasteiger charge is -2.17. The molecule has 2 aromatic carbocycles. The normalized spacial score (nSPS) is 13.6. The molecule has 0 radical (unpaired) electrons. The molecule has 3 rings (SSSR count). The molecule has 0 heterocycles. The topological polar surface area (TPSA) is 51.1 Å². The molecule has 2 aromatic rings. The Morgan fingerprint density at radius 2 is 1.69 bits per heavy atom. The van der Waals surface area contributed by atoms with E-state index in [-0.39, 0.29) is 5.97 Å². The van der Waals surface area contributed by atoms with Crippen LogP contribution in [-0.2, 0) is 14.3 Å². The molecule has 0 aromatic heterocycles. The van der Waals surface area contributed by atoms with Gasteiger partial charge in [0.15, 0.2) is 0 Å². The molecular weight excluding hydrogens is 520 g/mol. The molecule has 42 heavy (non-hydrogen) atoms. The van der Waals surface area contributed by atoms with E-state index < -0.39 is 0 Å². The minimum Gasteiger partial charge on any atom is -0.497 e. The minimum atomic E-state index is -0.183. The van der Waals surface area contributed by atoms with Crippen molar-refractivity contribution in [2.75, 3.05) is 27.8 Å². The molecule has 0 bridgehead atoms. The Kier molecular flexibility index (Phi) is 14.6. The lowest BCUT2D eigenvalue weighted by molar-refractivity contribution is -0.140. The van der Waals surface area contributed by atoms with Gasteiger partial charge in [0.2, 0.25) is 0 Å². The summed E-state index contributed by atoms with van der Waals surface area (Å²) in [6.07, 6.45) is 12.0. The molecule has 0 fully saturated rings. The van der Waals surface area contributed by atoms with Gasteiger partial charge in [-0.05, 0) is 73.1 Å². The molecule has 0 saturated carbocycles. The fourth-order valence-corrected chi connectivity index (χ4v) is 4.61. The third kappa shape index (κ3) is 10.5. The number of ether oxygens (including phenoxy) is 2. The van der Waals surface area contributed by atoms with Crippen molar-refractivity contribution in [3.63, 3.8) is 0 Å². The van der Waals surface area contributed by atoms with Crippen LogP contribution in [0.2, 0.25) is 0 Å². The number of allylic oxidation sites excluding steroid dienone is 6. The number of hydrogen-bond donors (Lipinski definition) is 0. The molecule has 0 atom stereocenters. The van der Waals surface area contributed by atoms with E-state index in [1.54, 1.807) is 0 Å². The summed E-state index contributed by atoms with van der Waals surface area (Å²) in [5.74, 6) is 1.70. The summed E-state index contributed by atoms with van der Waals surface area (Å²) in [7, 11) is 5.48. The summed E-state index contributed by atoms with van der Waals surface area (Å²) in [4.78, 5) is 18.6. The Morgan fingerprint density at radius 3 is 2.31 bits per heavy atom. The SMILES string of the molecule is CC.CCC1=C(CCC(=O)OC)C=CCC(OCC/C=C(\C)N=C(c2ccc(-c3ccc(C)c(C)c3)cc2)N(C)C)=C1. The van der Waals surface area contributed by atoms with E-state index in [9.17, 15) is 4.79 Å². The number of nitrogens with zero attached hydrogens (tertiary/aromatic N) is 2. The van der Waals surface area contributed by atoms with Gasteiger partial charge < -0.3 is 14.4 Å². The highest BCUT2D eigenvalue weighted by Crippen LogP contribution is 2.25. The van der Waals surface area contributed by atoms with Gasteiger partial charge in [-0.1, -0.05) is 81.5 Å². The maximum atomic E-state index is 11.6. The minimum absolute atomic E-state index is 0.183. The molecule has 5 heteroatoms. The number of carbonyl (C=O) groups is 1. The lowest BCUT2D eigenvalue weighted by Crippen LogP contribution is -2.23. The van der Waals surface area contributed by atoms with Gasteiger partial charge in [-0.25, -0.2) is 4.99 Å². The average molecular weight is 571 g/mol. The van der Waals surface area contributed by atoms with E-state index >= 15 is 0 Å². The zero-order valence-electron chi connectivity index (χ0n) is 27.2. The quantitative estimate of drug-likeness (QED) is 0.117. The van der Waals surface area contributed by atoms with Crippen LogP contribution >= 0.6 is 0 Å². The maximum absolute atomic E-state index is 11.6. The van der Waals surface area contributed by atoms with Crippen molar-refractivity contribution in [1.29, 1.82) is 0 Å². The summed E-state index contributed by atoms with van der Waals surface area (Å²) in [5, 5.41) is 0. The second-order valence-corrected chi connectivity index (χ2v) is 10.4. The number of benzene rings is 2. The number of aryl methyl sites for hydroxylation is 2. The predicted molar refractivity (Wildman–Crippen MR) is 178 cm³/mol. The number of methoxy groups -OCH3 is 1. The zero-order valence-corrected chi connectivity index (χ0v) is 27.2. The molecule has 0 spiro atoms. The van der Waals surface area contributed by atoms with E-state index in [4.69, 9.17) is 14.5 Å². The van der Waals surface area contributed by atoms with Crippen LogP contribution in [0.4, 0.5) is 0 Å². The van der Waals surface area contributed by atoms with Crippen molar-refractivity contribution >= 4 is 11.8 Å². The van der Waals surface area contributed by atoms with Gasteiger partial charge >= 0.3 is 5.97 Å². The van der Waals surface area contributed by atoms with Gasteiger partial charge in [0, 0.05) is 44.6 Å². The van der Waals surface area contributed by atoms with E-state index in [1.165, 1.54) is 40.5 Å². The first kappa shape index (κ1) is 34.3. The second kappa shape index (κ2) is 17.8. The van der Waals surface area contributed by atoms with Gasteiger partial charge in [0.25, 0.3) is 0 Å². The number of carbonyl (C=O) groups excluding carboxylic acids is 1. The van der Waals surface area contributed by atoms with Crippen LogP contribution in [0.25, 0.3) is 11.1 Å². The highest BCUT2D eigenvalue weighted by Gasteiger charge is 2.11. The smallest absolute Gasteiger partial charge is 0.305 e. The van der Waals surface area contributed by atoms with Crippen LogP contribution < -0.4 is 0 Å². The summed E-state index contributed by atoms with van der Waals surface area (Å²) >= 11 is 0. The first-order valence-corrected chi connectivity index (χ1v) is 15.1. The molecule has 226 valence electrons. The molecule has 5 nitrogen and oxygen atoms in total. The average Bonchev–Trinajstić information content (AvgIpc) is 3.20. The monoisotopic (exact) mass is 570 g/mol. The van der Waals surface area contributed by atoms with Gasteiger partial charge in [-0.2, -0.15) is 0 Å². The van der Waals surface area contributed by atoms with Gasteiger partial charge in [-0.3, -0.25) is 4.79 Å². The van der Waals surface area contributed by atoms with E-state index in [0.29, 0.717) is 19.4 Å². The summed E-state index contributed by atoms with van der Waals surface area (Å²) in [5.41, 5.74) is 9.47. The second-order valence-electron chi connectivity index (χ2n) is 10.4. The third-order valence-electron chi connectivity index (χ3n) is 7.13. The molecule has 0 unspecified atom stereocenters. The Bertz CT molecular complexity index is 1330. The third-order valence-corrected chi connectivity index (χ3v) is 7.13. The number of rotatable bonds is 11. The van der Waals surface area contributed by atoms with Crippen molar-refractivity contribution in [3.05, 3.63) is 106 Å². The van der Waals surface area contributed by atoms with Crippen molar-refractivity contribution in [1.82, 2.24) is 4.90 Å². The Morgan fingerprint density at radius 1 is 1.00 bits per heavy atom. The summed E-state index contributed by atoms with van der Waals surface area (Å²) < 4.78 is 10.9. The van der Waals surface area contributed by atoms with Crippen molar-refractivity contribution in [2.45, 2.75) is 73.6 Å². The largest absolute Gasteiger partial charge is 0.497 e. The van der Waals surface area contributed by atoms with Crippen LogP contribution in [-0.4, -0.2) is 44.5 Å². The molecule has 1 aliphatic carbocycles. The molecule has 0 saturated heterocycles. The van der Waals surface area contributed by atoms with E-state index in [0.717, 1.165) is 42.1 Å². The van der Waals surface area contributed by atoms with Gasteiger partial charge in [0.05, 0.1) is 19.5 Å². The first-order chi connectivity index (χ1) is 20.2. The first-order valence-electron chi connectivity index (χ1n) is 15.1. The van der Waals surface area contributed by atoms with Crippen molar-refractivity contribution in [2.24, 2.45) is 4.99 Å². The van der Waals surface area contributed by atoms with Crippen molar-refractivity contribution < 1.29 is 14.3 Å². The molecule has 0 aliphatic heterocycles. The number of aliphatic imine (C=N–C) groups is 1. The van der Waals surface area contributed by atoms with E-state index in [2.05, 4.69) is 92.4 Å². The van der Waals surface area contributed by atoms with E-state index in [1.807, 2.05) is 34.9 Å². The maximum Gasteiger partial charge on any atom is 0.305 e. The van der Waals surface area contributed by atoms with Gasteiger partial charge in [-0.15, -0.1) is 0 Å². The fourth-order valence-electron chi connectivity index (χ4n) is 4.61. The van der Waals surface area contributed by atoms with Crippen LogP contribution in [0.1, 0.15) is 76.5 Å². The summed E-state index contributed by atoms with van der Waals surface area (Å²) in [6.45, 7) is 13.0. The Balaban J connectivity index is 0.00000301. The number of amidine groups is 1. The Hall–Kier alpha value is -3.86. The van der Waals surface area contributed by atoms with Crippen LogP contribution in [0, 0.1) is 13.8 Å². The number of hydrogen-bond acceptors (Lipinski definition) is 4. The van der Waals surface area contributed by atoms with Gasteiger partial charge in [0.1, 0.15) is 5.84 Å². The molecule has 1 aliphatic rings. The predicted octanol–water partition coefficient (Wildman–Crippen LogP) is 9.12. The van der Waals surface area contributed by atoms with Crippen LogP contribution in [0.15, 0.2) is 94.4 Å². The van der Waals surface area contributed by atoms with Crippen LogP contribution in [0.3, 0.4) is 0 Å². The van der Waals surface area contributed by atoms with Crippen LogP contribution in [0.5, 0.6) is 0 Å². The zero-order chi connectivity index (χ0) is 31.1. The standard InChI is InChI=1S/C35H44N2O3.C2H6/c1-8-28-24-33(13-9-12-29(28)20-21-34(38)39-7)40-22-10-11-27(4)36-35(37(5)6)31-18-16-30(17-19-31)32-15-14-25(2)26(3)23-32;1-2/h9,11-12,14-19,23-24H,8,10,13,20-22H2,1-7H3;1-2H3/b27-11+,36-35?;. The molecular formula is C37H50N2O3. The lowest BCUT2D eigenvalue weighted by atomic mass is 9.99. The van der Waals surface area contributed by atoms with Crippen molar-refractivity contribution in [3.8, 4) is 11.1 Å². The number of esters is 1. The molecule has 0 amide bonds. The Labute approximate surface area is 254 Å². The summed E-state index contributed by atoms with van der Waals surface area (Å²) in [6, 6.07) is 15.2. The molecule has 0 N–H and O–H groups in total. The highest BCUT2D eigenvalue weighted by atomic mass is 16.5.